The second-order valence-corrected chi connectivity index (χ2v) is 5.16. The molecule has 0 N–H and O–H groups in total. The molecule has 1 aromatic carbocycles. The van der Waals surface area contributed by atoms with Crippen LogP contribution in [0.5, 0.6) is 0 Å². The molecule has 0 radical (unpaired) electrons. The summed E-state index contributed by atoms with van der Waals surface area (Å²) in [5.41, 5.74) is 2.94. The molecule has 1 nitrogen and oxygen atoms in total. The molecule has 122 valence electrons. The molecule has 1 atom stereocenters. The van der Waals surface area contributed by atoms with Crippen molar-refractivity contribution in [2.24, 2.45) is 0 Å². The van der Waals surface area contributed by atoms with Gasteiger partial charge >= 0.3 is 6.18 Å². The van der Waals surface area contributed by atoms with Crippen molar-refractivity contribution < 1.29 is 13.2 Å². The Labute approximate surface area is 127 Å². The maximum atomic E-state index is 12.7. The van der Waals surface area contributed by atoms with E-state index >= 15 is 0 Å². The summed E-state index contributed by atoms with van der Waals surface area (Å²) in [6.45, 7) is 10.6. The zero-order valence-electron chi connectivity index (χ0n) is 14.0. The molecule has 1 aliphatic rings. The first kappa shape index (κ1) is 20.0. The molecule has 0 fully saturated rings. The number of benzene rings is 1. The zero-order chi connectivity index (χ0) is 16.6. The first-order chi connectivity index (χ1) is 9.79. The van der Waals surface area contributed by atoms with E-state index in [1.807, 2.05) is 39.0 Å². The predicted molar refractivity (Wildman–Crippen MR) is 83.5 cm³/mol. The highest BCUT2D eigenvalue weighted by atomic mass is 19.4. The van der Waals surface area contributed by atoms with E-state index in [9.17, 15) is 13.2 Å². The SMILES string of the molecule is CC.CCC.Cc1ccc2c(c1)CN(C)C(C(F)(F)F)C2. The summed E-state index contributed by atoms with van der Waals surface area (Å²) in [7, 11) is 1.53. The van der Waals surface area contributed by atoms with E-state index < -0.39 is 12.2 Å². The maximum absolute atomic E-state index is 12.7. The third-order valence-corrected chi connectivity index (χ3v) is 3.10. The maximum Gasteiger partial charge on any atom is 0.404 e. The molecular weight excluding hydrogens is 275 g/mol. The number of likely N-dealkylation sites (N-methyl/N-ethyl adjacent to an activating group) is 1. The standard InChI is InChI=1S/C12H14F3N.C3H8.C2H6/c1-8-3-4-9-6-11(12(13,14)15)16(2)7-10(9)5-8;1-3-2;1-2/h3-5,11H,6-7H2,1-2H3;3H2,1-2H3;1-2H3. The van der Waals surface area contributed by atoms with Gasteiger partial charge in [0.15, 0.2) is 0 Å². The van der Waals surface area contributed by atoms with Crippen LogP contribution in [0.2, 0.25) is 0 Å². The van der Waals surface area contributed by atoms with Gasteiger partial charge in [0.1, 0.15) is 6.04 Å². The highest BCUT2D eigenvalue weighted by molar-refractivity contribution is 5.34. The van der Waals surface area contributed by atoms with Gasteiger partial charge in [-0.1, -0.05) is 57.9 Å². The molecular formula is C17H28F3N. The highest BCUT2D eigenvalue weighted by Gasteiger charge is 2.44. The number of hydrogen-bond donors (Lipinski definition) is 0. The largest absolute Gasteiger partial charge is 0.404 e. The van der Waals surface area contributed by atoms with Crippen LogP contribution in [0, 0.1) is 6.92 Å². The minimum Gasteiger partial charge on any atom is -0.291 e. The third kappa shape index (κ3) is 6.08. The van der Waals surface area contributed by atoms with Gasteiger partial charge in [-0.15, -0.1) is 0 Å². The molecule has 4 heteroatoms. The lowest BCUT2D eigenvalue weighted by molar-refractivity contribution is -0.183. The molecule has 21 heavy (non-hydrogen) atoms. The Morgan fingerprint density at radius 1 is 1.14 bits per heavy atom. The molecule has 0 aliphatic carbocycles. The van der Waals surface area contributed by atoms with E-state index in [4.69, 9.17) is 0 Å². The summed E-state index contributed by atoms with van der Waals surface area (Å²) in [6.07, 6.45) is -2.83. The number of aryl methyl sites for hydroxylation is 1. The molecule has 0 spiro atoms. The number of alkyl halides is 3. The summed E-state index contributed by atoms with van der Waals surface area (Å²) in [4.78, 5) is 1.38. The summed E-state index contributed by atoms with van der Waals surface area (Å²) in [6, 6.07) is 4.31. The van der Waals surface area contributed by atoms with Crippen LogP contribution < -0.4 is 0 Å². The number of fused-ring (bicyclic) bond motifs is 1. The Hall–Kier alpha value is -1.03. The molecule has 1 aromatic rings. The topological polar surface area (TPSA) is 3.24 Å². The summed E-state index contributed by atoms with van der Waals surface area (Å²) >= 11 is 0. The van der Waals surface area contributed by atoms with Gasteiger partial charge in [-0.25, -0.2) is 0 Å². The molecule has 1 heterocycles. The average molecular weight is 303 g/mol. The Kier molecular flexibility index (Phi) is 8.64. The quantitative estimate of drug-likeness (QED) is 0.624. The molecule has 1 unspecified atom stereocenters. The van der Waals surface area contributed by atoms with Crippen LogP contribution in [0.25, 0.3) is 0 Å². The van der Waals surface area contributed by atoms with Crippen LogP contribution in [-0.4, -0.2) is 24.2 Å². The van der Waals surface area contributed by atoms with Gasteiger partial charge < -0.3 is 0 Å². The molecule has 0 aromatic heterocycles. The van der Waals surface area contributed by atoms with Gasteiger partial charge in [-0.05, 0) is 31.5 Å². The van der Waals surface area contributed by atoms with E-state index in [0.29, 0.717) is 6.54 Å². The van der Waals surface area contributed by atoms with Crippen molar-refractivity contribution in [2.75, 3.05) is 7.05 Å². The summed E-state index contributed by atoms with van der Waals surface area (Å²) in [5, 5.41) is 0. The van der Waals surface area contributed by atoms with E-state index in [-0.39, 0.29) is 6.42 Å². The van der Waals surface area contributed by atoms with Gasteiger partial charge in [0.25, 0.3) is 0 Å². The third-order valence-electron chi connectivity index (χ3n) is 3.10. The number of nitrogens with zero attached hydrogens (tertiary/aromatic N) is 1. The Bertz CT molecular complexity index is 413. The average Bonchev–Trinajstić information content (AvgIpc) is 2.39. The smallest absolute Gasteiger partial charge is 0.291 e. The van der Waals surface area contributed by atoms with Crippen LogP contribution in [-0.2, 0) is 13.0 Å². The van der Waals surface area contributed by atoms with E-state index in [0.717, 1.165) is 16.7 Å². The lowest BCUT2D eigenvalue weighted by Crippen LogP contribution is -2.47. The fourth-order valence-corrected chi connectivity index (χ4v) is 2.21. The number of halogens is 3. The molecule has 0 saturated heterocycles. The van der Waals surface area contributed by atoms with E-state index in [1.54, 1.807) is 0 Å². The van der Waals surface area contributed by atoms with Gasteiger partial charge in [0.05, 0.1) is 0 Å². The van der Waals surface area contributed by atoms with Crippen LogP contribution in [0.15, 0.2) is 18.2 Å². The normalized spacial score (nSPS) is 17.9. The molecule has 0 bridgehead atoms. The van der Waals surface area contributed by atoms with Gasteiger partial charge in [0, 0.05) is 6.54 Å². The molecule has 2 rings (SSSR count). The van der Waals surface area contributed by atoms with Gasteiger partial charge in [-0.3, -0.25) is 4.90 Å². The van der Waals surface area contributed by atoms with Gasteiger partial charge in [-0.2, -0.15) is 13.2 Å². The fourth-order valence-electron chi connectivity index (χ4n) is 2.21. The Morgan fingerprint density at radius 3 is 2.14 bits per heavy atom. The highest BCUT2D eigenvalue weighted by Crippen LogP contribution is 2.32. The monoisotopic (exact) mass is 303 g/mol. The van der Waals surface area contributed by atoms with Crippen molar-refractivity contribution in [3.63, 3.8) is 0 Å². The van der Waals surface area contributed by atoms with Crippen LogP contribution in [0.1, 0.15) is 50.8 Å². The first-order valence-corrected chi connectivity index (χ1v) is 7.64. The minimum absolute atomic E-state index is 0.0651. The fraction of sp³-hybridized carbons (Fsp3) is 0.647. The van der Waals surface area contributed by atoms with Crippen LogP contribution in [0.4, 0.5) is 13.2 Å². The van der Waals surface area contributed by atoms with Crippen molar-refractivity contribution in [3.8, 4) is 0 Å². The summed E-state index contributed by atoms with van der Waals surface area (Å²) < 4.78 is 38.2. The van der Waals surface area contributed by atoms with Crippen molar-refractivity contribution in [1.82, 2.24) is 4.90 Å². The number of rotatable bonds is 0. The van der Waals surface area contributed by atoms with Gasteiger partial charge in [0.2, 0.25) is 0 Å². The van der Waals surface area contributed by atoms with Crippen LogP contribution >= 0.6 is 0 Å². The molecule has 1 aliphatic heterocycles. The number of hydrogen-bond acceptors (Lipinski definition) is 1. The van der Waals surface area contributed by atoms with Crippen molar-refractivity contribution in [2.45, 2.75) is 66.2 Å². The van der Waals surface area contributed by atoms with Crippen molar-refractivity contribution in [3.05, 3.63) is 34.9 Å². The predicted octanol–water partition coefficient (Wildman–Crippen LogP) is 5.36. The molecule has 0 saturated carbocycles. The second-order valence-electron chi connectivity index (χ2n) is 5.16. The Morgan fingerprint density at radius 2 is 1.67 bits per heavy atom. The zero-order valence-corrected chi connectivity index (χ0v) is 14.0. The Balaban J connectivity index is 0.000000713. The van der Waals surface area contributed by atoms with Crippen molar-refractivity contribution >= 4 is 0 Å². The van der Waals surface area contributed by atoms with E-state index in [1.165, 1.54) is 18.4 Å². The lowest BCUT2D eigenvalue weighted by Gasteiger charge is -2.35. The van der Waals surface area contributed by atoms with Crippen LogP contribution in [0.3, 0.4) is 0 Å². The molecule has 0 amide bonds. The van der Waals surface area contributed by atoms with E-state index in [2.05, 4.69) is 13.8 Å². The van der Waals surface area contributed by atoms with Crippen molar-refractivity contribution in [1.29, 1.82) is 0 Å². The first-order valence-electron chi connectivity index (χ1n) is 7.64. The minimum atomic E-state index is -4.14. The second kappa shape index (κ2) is 9.08. The lowest BCUT2D eigenvalue weighted by atomic mass is 9.93. The summed E-state index contributed by atoms with van der Waals surface area (Å²) in [5.74, 6) is 0.